The van der Waals surface area contributed by atoms with Crippen LogP contribution in [0.4, 0.5) is 5.69 Å². The second-order valence-electron chi connectivity index (χ2n) is 4.84. The standard InChI is InChI=1S/C16H17Cl2N3O/c17-13-10-19-11-14(18)16(13)21-20-15(22)9-5-4-8-12-6-2-1-3-7-12/h1-3,6-7,10-11H,4-5,8-9H2,(H,19,21)(H,20,22). The molecule has 1 amide bonds. The minimum atomic E-state index is -0.1000. The van der Waals surface area contributed by atoms with Crippen molar-refractivity contribution < 1.29 is 4.79 Å². The van der Waals surface area contributed by atoms with E-state index in [0.29, 0.717) is 22.2 Å². The molecule has 1 aromatic carbocycles. The summed E-state index contributed by atoms with van der Waals surface area (Å²) < 4.78 is 0. The van der Waals surface area contributed by atoms with Crippen LogP contribution in [0.2, 0.25) is 10.0 Å². The first kappa shape index (κ1) is 16.6. The van der Waals surface area contributed by atoms with Crippen LogP contribution in [0.1, 0.15) is 24.8 Å². The number of unbranched alkanes of at least 4 members (excludes halogenated alkanes) is 1. The molecule has 2 rings (SSSR count). The summed E-state index contributed by atoms with van der Waals surface area (Å²) in [5.74, 6) is -0.1000. The first-order valence-corrected chi connectivity index (χ1v) is 7.80. The number of hydrogen-bond acceptors (Lipinski definition) is 3. The second kappa shape index (κ2) is 8.61. The number of rotatable bonds is 7. The van der Waals surface area contributed by atoms with E-state index < -0.39 is 0 Å². The van der Waals surface area contributed by atoms with Gasteiger partial charge in [-0.05, 0) is 24.8 Å². The van der Waals surface area contributed by atoms with E-state index in [0.717, 1.165) is 19.3 Å². The molecule has 22 heavy (non-hydrogen) atoms. The van der Waals surface area contributed by atoms with Gasteiger partial charge in [-0.25, -0.2) is 0 Å². The molecule has 1 aromatic heterocycles. The number of nitrogens with one attached hydrogen (secondary N) is 2. The molecule has 1 heterocycles. The molecular formula is C16H17Cl2N3O. The largest absolute Gasteiger partial charge is 0.295 e. The third kappa shape index (κ3) is 5.20. The summed E-state index contributed by atoms with van der Waals surface area (Å²) in [6, 6.07) is 10.2. The van der Waals surface area contributed by atoms with Crippen LogP contribution in [0.3, 0.4) is 0 Å². The van der Waals surface area contributed by atoms with Gasteiger partial charge in [0.2, 0.25) is 5.91 Å². The monoisotopic (exact) mass is 337 g/mol. The van der Waals surface area contributed by atoms with Gasteiger partial charge in [0.05, 0.1) is 15.7 Å². The molecule has 0 atom stereocenters. The van der Waals surface area contributed by atoms with Crippen molar-refractivity contribution in [1.29, 1.82) is 0 Å². The van der Waals surface area contributed by atoms with Crippen molar-refractivity contribution in [1.82, 2.24) is 10.4 Å². The van der Waals surface area contributed by atoms with E-state index in [-0.39, 0.29) is 5.91 Å². The van der Waals surface area contributed by atoms with E-state index in [1.54, 1.807) is 0 Å². The molecular weight excluding hydrogens is 321 g/mol. The molecule has 2 aromatic rings. The molecule has 0 saturated carbocycles. The molecule has 0 aliphatic carbocycles. The smallest absolute Gasteiger partial charge is 0.238 e. The average molecular weight is 338 g/mol. The number of carbonyl (C=O) groups excluding carboxylic acids is 1. The van der Waals surface area contributed by atoms with Gasteiger partial charge in [-0.15, -0.1) is 0 Å². The van der Waals surface area contributed by atoms with Gasteiger partial charge in [0.25, 0.3) is 0 Å². The van der Waals surface area contributed by atoms with Crippen molar-refractivity contribution in [3.05, 3.63) is 58.3 Å². The maximum absolute atomic E-state index is 11.8. The van der Waals surface area contributed by atoms with Gasteiger partial charge in [-0.3, -0.25) is 20.6 Å². The van der Waals surface area contributed by atoms with Crippen LogP contribution in [-0.4, -0.2) is 10.9 Å². The summed E-state index contributed by atoms with van der Waals surface area (Å²) in [7, 11) is 0. The van der Waals surface area contributed by atoms with Crippen LogP contribution in [0.15, 0.2) is 42.7 Å². The first-order chi connectivity index (χ1) is 10.7. The highest BCUT2D eigenvalue weighted by Gasteiger charge is 2.07. The minimum absolute atomic E-state index is 0.1000. The summed E-state index contributed by atoms with van der Waals surface area (Å²) in [4.78, 5) is 15.6. The molecule has 2 N–H and O–H groups in total. The zero-order chi connectivity index (χ0) is 15.8. The number of hydrogen-bond donors (Lipinski definition) is 2. The summed E-state index contributed by atoms with van der Waals surface area (Å²) in [5.41, 5.74) is 7.07. The maximum atomic E-state index is 11.8. The van der Waals surface area contributed by atoms with E-state index in [9.17, 15) is 4.79 Å². The fourth-order valence-electron chi connectivity index (χ4n) is 1.98. The van der Waals surface area contributed by atoms with E-state index in [1.165, 1.54) is 18.0 Å². The molecule has 6 heteroatoms. The summed E-state index contributed by atoms with van der Waals surface area (Å²) in [5, 5.41) is 0.716. The van der Waals surface area contributed by atoms with Crippen molar-refractivity contribution in [3.8, 4) is 0 Å². The third-order valence-electron chi connectivity index (χ3n) is 3.14. The van der Waals surface area contributed by atoms with Crippen LogP contribution in [0.5, 0.6) is 0 Å². The number of nitrogens with zero attached hydrogens (tertiary/aromatic N) is 1. The van der Waals surface area contributed by atoms with Crippen LogP contribution in [0, 0.1) is 0 Å². The Bertz CT molecular complexity index is 600. The summed E-state index contributed by atoms with van der Waals surface area (Å²) in [6.07, 6.45) is 6.13. The Balaban J connectivity index is 1.68. The lowest BCUT2D eigenvalue weighted by Crippen LogP contribution is -2.29. The number of hydrazine groups is 1. The Morgan fingerprint density at radius 2 is 1.73 bits per heavy atom. The van der Waals surface area contributed by atoms with E-state index in [4.69, 9.17) is 23.2 Å². The highest BCUT2D eigenvalue weighted by atomic mass is 35.5. The van der Waals surface area contributed by atoms with Crippen molar-refractivity contribution >= 4 is 34.8 Å². The average Bonchev–Trinajstić information content (AvgIpc) is 2.52. The van der Waals surface area contributed by atoms with E-state index in [1.807, 2.05) is 18.2 Å². The quantitative estimate of drug-likeness (QED) is 0.586. The van der Waals surface area contributed by atoms with Gasteiger partial charge in [0, 0.05) is 18.8 Å². The number of anilines is 1. The van der Waals surface area contributed by atoms with Gasteiger partial charge in [-0.1, -0.05) is 53.5 Å². The Kier molecular flexibility index (Phi) is 6.49. The first-order valence-electron chi connectivity index (χ1n) is 7.04. The Morgan fingerprint density at radius 3 is 2.41 bits per heavy atom. The summed E-state index contributed by atoms with van der Waals surface area (Å²) in [6.45, 7) is 0. The SMILES string of the molecule is O=C(CCCCc1ccccc1)NNc1c(Cl)cncc1Cl. The lowest BCUT2D eigenvalue weighted by molar-refractivity contribution is -0.120. The Labute approximate surface area is 139 Å². The second-order valence-corrected chi connectivity index (χ2v) is 5.66. The van der Waals surface area contributed by atoms with Crippen LogP contribution in [-0.2, 0) is 11.2 Å². The normalized spacial score (nSPS) is 10.3. The zero-order valence-electron chi connectivity index (χ0n) is 12.0. The molecule has 0 aliphatic rings. The number of aryl methyl sites for hydroxylation is 1. The van der Waals surface area contributed by atoms with Crippen LogP contribution in [0.25, 0.3) is 0 Å². The van der Waals surface area contributed by atoms with E-state index >= 15 is 0 Å². The molecule has 116 valence electrons. The van der Waals surface area contributed by atoms with Gasteiger partial charge >= 0.3 is 0 Å². The number of amides is 1. The van der Waals surface area contributed by atoms with Crippen molar-refractivity contribution in [3.63, 3.8) is 0 Å². The molecule has 0 radical (unpaired) electrons. The third-order valence-corrected chi connectivity index (χ3v) is 3.72. The maximum Gasteiger partial charge on any atom is 0.238 e. The van der Waals surface area contributed by atoms with Crippen LogP contribution >= 0.6 is 23.2 Å². The van der Waals surface area contributed by atoms with E-state index in [2.05, 4.69) is 28.0 Å². The lowest BCUT2D eigenvalue weighted by atomic mass is 10.1. The predicted octanol–water partition coefficient (Wildman–Crippen LogP) is 4.24. The number of pyridine rings is 1. The van der Waals surface area contributed by atoms with Crippen molar-refractivity contribution in [2.75, 3.05) is 5.43 Å². The highest BCUT2D eigenvalue weighted by molar-refractivity contribution is 6.38. The zero-order valence-corrected chi connectivity index (χ0v) is 13.5. The molecule has 0 spiro atoms. The highest BCUT2D eigenvalue weighted by Crippen LogP contribution is 2.27. The molecule has 4 nitrogen and oxygen atoms in total. The van der Waals surface area contributed by atoms with Gasteiger partial charge in [-0.2, -0.15) is 0 Å². The van der Waals surface area contributed by atoms with Gasteiger partial charge in [0.15, 0.2) is 0 Å². The Morgan fingerprint density at radius 1 is 1.05 bits per heavy atom. The van der Waals surface area contributed by atoms with Crippen LogP contribution < -0.4 is 10.9 Å². The molecule has 0 saturated heterocycles. The number of carbonyl (C=O) groups is 1. The Hall–Kier alpha value is -1.78. The molecule has 0 bridgehead atoms. The van der Waals surface area contributed by atoms with Crippen molar-refractivity contribution in [2.24, 2.45) is 0 Å². The topological polar surface area (TPSA) is 54.0 Å². The lowest BCUT2D eigenvalue weighted by Gasteiger charge is -2.11. The van der Waals surface area contributed by atoms with Gasteiger partial charge < -0.3 is 0 Å². The number of benzene rings is 1. The fourth-order valence-corrected chi connectivity index (χ4v) is 2.44. The molecule has 0 unspecified atom stereocenters. The fraction of sp³-hybridized carbons (Fsp3) is 0.250. The predicted molar refractivity (Wildman–Crippen MR) is 90.0 cm³/mol. The van der Waals surface area contributed by atoms with Gasteiger partial charge in [0.1, 0.15) is 0 Å². The summed E-state index contributed by atoms with van der Waals surface area (Å²) >= 11 is 11.9. The van der Waals surface area contributed by atoms with Crippen molar-refractivity contribution in [2.45, 2.75) is 25.7 Å². The molecule has 0 fully saturated rings. The molecule has 0 aliphatic heterocycles. The number of aromatic nitrogens is 1. The number of halogens is 2. The minimum Gasteiger partial charge on any atom is -0.295 e.